The van der Waals surface area contributed by atoms with Gasteiger partial charge in [0.25, 0.3) is 5.91 Å². The summed E-state index contributed by atoms with van der Waals surface area (Å²) in [5.74, 6) is -2.35. The summed E-state index contributed by atoms with van der Waals surface area (Å²) in [5, 5.41) is 2.58. The molecule has 0 spiro atoms. The van der Waals surface area contributed by atoms with E-state index in [0.717, 1.165) is 17.7 Å². The number of anilines is 2. The second-order valence-corrected chi connectivity index (χ2v) is 7.15. The van der Waals surface area contributed by atoms with Gasteiger partial charge in [-0.15, -0.1) is 0 Å². The maximum absolute atomic E-state index is 12.3. The van der Waals surface area contributed by atoms with E-state index in [2.05, 4.69) is 17.0 Å². The van der Waals surface area contributed by atoms with Crippen molar-refractivity contribution >= 4 is 35.1 Å². The molecule has 1 atom stereocenters. The summed E-state index contributed by atoms with van der Waals surface area (Å²) in [6.45, 7) is 1.81. The van der Waals surface area contributed by atoms with Gasteiger partial charge in [-0.25, -0.2) is 4.79 Å². The number of amides is 2. The van der Waals surface area contributed by atoms with Crippen LogP contribution in [-0.4, -0.2) is 44.0 Å². The van der Waals surface area contributed by atoms with Crippen LogP contribution in [-0.2, 0) is 30.3 Å². The molecular weight excluding hydrogens is 400 g/mol. The molecule has 8 nitrogen and oxygen atoms in total. The van der Waals surface area contributed by atoms with Gasteiger partial charge in [-0.3, -0.25) is 14.4 Å². The topological polar surface area (TPSA) is 102 Å². The Morgan fingerprint density at radius 2 is 1.74 bits per heavy atom. The van der Waals surface area contributed by atoms with Crippen molar-refractivity contribution in [2.24, 2.45) is 5.92 Å². The number of carbonyl (C=O) groups is 4. The summed E-state index contributed by atoms with van der Waals surface area (Å²) in [6, 6.07) is 13.8. The molecule has 1 aliphatic heterocycles. The molecule has 1 fully saturated rings. The van der Waals surface area contributed by atoms with Crippen molar-refractivity contribution in [2.75, 3.05) is 30.5 Å². The maximum atomic E-state index is 12.3. The highest BCUT2D eigenvalue weighted by atomic mass is 16.5. The number of ether oxygens (including phenoxy) is 2. The van der Waals surface area contributed by atoms with E-state index in [4.69, 9.17) is 4.74 Å². The lowest BCUT2D eigenvalue weighted by atomic mass is 10.1. The van der Waals surface area contributed by atoms with E-state index in [9.17, 15) is 19.2 Å². The molecule has 0 aliphatic carbocycles. The Bertz CT molecular complexity index is 969. The predicted octanol–water partition coefficient (Wildman–Crippen LogP) is 2.57. The summed E-state index contributed by atoms with van der Waals surface area (Å²) < 4.78 is 9.72. The van der Waals surface area contributed by atoms with Crippen LogP contribution >= 0.6 is 0 Å². The minimum atomic E-state index is -0.620. The van der Waals surface area contributed by atoms with E-state index >= 15 is 0 Å². The zero-order chi connectivity index (χ0) is 22.4. The molecule has 0 radical (unpaired) electrons. The molecule has 0 bridgehead atoms. The van der Waals surface area contributed by atoms with Crippen LogP contribution in [0.4, 0.5) is 11.4 Å². The van der Waals surface area contributed by atoms with Gasteiger partial charge in [0.15, 0.2) is 6.61 Å². The van der Waals surface area contributed by atoms with Crippen molar-refractivity contribution in [3.63, 3.8) is 0 Å². The molecule has 3 rings (SSSR count). The van der Waals surface area contributed by atoms with Crippen LogP contribution in [0.15, 0.2) is 48.5 Å². The number of esters is 2. The number of hydrogen-bond acceptors (Lipinski definition) is 6. The standard InChI is InChI=1S/C23H24N2O6/c1-3-15-4-10-19(11-5-15)25-13-17(12-21(25)27)23(29)31-14-20(26)24-18-8-6-16(7-9-18)22(28)30-2/h4-11,17H,3,12-14H2,1-2H3,(H,24,26)/t17-/m0/s1. The van der Waals surface area contributed by atoms with Crippen molar-refractivity contribution in [1.29, 1.82) is 0 Å². The van der Waals surface area contributed by atoms with Gasteiger partial charge in [-0.1, -0.05) is 19.1 Å². The maximum Gasteiger partial charge on any atom is 0.337 e. The van der Waals surface area contributed by atoms with Gasteiger partial charge < -0.3 is 19.7 Å². The third kappa shape index (κ3) is 5.48. The molecule has 0 aromatic heterocycles. The number of rotatable bonds is 7. The van der Waals surface area contributed by atoms with Gasteiger partial charge in [0.05, 0.1) is 18.6 Å². The molecule has 8 heteroatoms. The highest BCUT2D eigenvalue weighted by Crippen LogP contribution is 2.26. The average molecular weight is 424 g/mol. The summed E-state index contributed by atoms with van der Waals surface area (Å²) in [5.41, 5.74) is 2.71. The number of nitrogens with one attached hydrogen (secondary N) is 1. The first-order valence-corrected chi connectivity index (χ1v) is 9.95. The van der Waals surface area contributed by atoms with Crippen molar-refractivity contribution in [2.45, 2.75) is 19.8 Å². The quantitative estimate of drug-likeness (QED) is 0.686. The van der Waals surface area contributed by atoms with Gasteiger partial charge in [-0.2, -0.15) is 0 Å². The third-order valence-corrected chi connectivity index (χ3v) is 5.05. The van der Waals surface area contributed by atoms with Crippen LogP contribution in [0.5, 0.6) is 0 Å². The number of methoxy groups -OCH3 is 1. The fourth-order valence-electron chi connectivity index (χ4n) is 3.29. The van der Waals surface area contributed by atoms with E-state index in [0.29, 0.717) is 11.3 Å². The SMILES string of the molecule is CCc1ccc(N2C[C@@H](C(=O)OCC(=O)Nc3ccc(C(=O)OC)cc3)CC2=O)cc1. The Hall–Kier alpha value is -3.68. The Morgan fingerprint density at radius 1 is 1.06 bits per heavy atom. The van der Waals surface area contributed by atoms with Crippen LogP contribution in [0.25, 0.3) is 0 Å². The van der Waals surface area contributed by atoms with Gasteiger partial charge >= 0.3 is 11.9 Å². The minimum Gasteiger partial charge on any atom is -0.465 e. The average Bonchev–Trinajstić information content (AvgIpc) is 3.19. The fraction of sp³-hybridized carbons (Fsp3) is 0.304. The first kappa shape index (κ1) is 22.0. The number of hydrogen-bond donors (Lipinski definition) is 1. The van der Waals surface area contributed by atoms with Gasteiger partial charge in [0.1, 0.15) is 0 Å². The molecular formula is C23H24N2O6. The highest BCUT2D eigenvalue weighted by molar-refractivity contribution is 6.00. The molecule has 2 aromatic carbocycles. The van der Waals surface area contributed by atoms with Crippen LogP contribution in [0.3, 0.4) is 0 Å². The summed E-state index contributed by atoms with van der Waals surface area (Å²) in [4.78, 5) is 49.7. The second-order valence-electron chi connectivity index (χ2n) is 7.15. The number of aryl methyl sites for hydroxylation is 1. The zero-order valence-corrected chi connectivity index (χ0v) is 17.4. The number of carbonyl (C=O) groups excluding carboxylic acids is 4. The van der Waals surface area contributed by atoms with Gasteiger partial charge in [-0.05, 0) is 48.4 Å². The largest absolute Gasteiger partial charge is 0.465 e. The molecule has 1 heterocycles. The molecule has 0 unspecified atom stereocenters. The van der Waals surface area contributed by atoms with Crippen LogP contribution in [0, 0.1) is 5.92 Å². The minimum absolute atomic E-state index is 0.0466. The van der Waals surface area contributed by atoms with E-state index < -0.39 is 30.4 Å². The van der Waals surface area contributed by atoms with E-state index in [1.807, 2.05) is 24.3 Å². The normalized spacial score (nSPS) is 15.5. The molecule has 1 saturated heterocycles. The Balaban J connectivity index is 1.49. The smallest absolute Gasteiger partial charge is 0.337 e. The van der Waals surface area contributed by atoms with Crippen LogP contribution in [0.2, 0.25) is 0 Å². The van der Waals surface area contributed by atoms with E-state index in [1.54, 1.807) is 17.0 Å². The van der Waals surface area contributed by atoms with E-state index in [-0.39, 0.29) is 18.9 Å². The van der Waals surface area contributed by atoms with Gasteiger partial charge in [0.2, 0.25) is 5.91 Å². The highest BCUT2D eigenvalue weighted by Gasteiger charge is 2.36. The predicted molar refractivity (Wildman–Crippen MR) is 114 cm³/mol. The lowest BCUT2D eigenvalue weighted by molar-refractivity contribution is -0.151. The van der Waals surface area contributed by atoms with Crippen molar-refractivity contribution in [3.05, 3.63) is 59.7 Å². The molecule has 1 N–H and O–H groups in total. The van der Waals surface area contributed by atoms with E-state index in [1.165, 1.54) is 19.2 Å². The Labute approximate surface area is 180 Å². The molecule has 2 aromatic rings. The first-order chi connectivity index (χ1) is 14.9. The van der Waals surface area contributed by atoms with Crippen LogP contribution in [0.1, 0.15) is 29.3 Å². The Morgan fingerprint density at radius 3 is 2.35 bits per heavy atom. The molecule has 2 amide bonds. The molecule has 162 valence electrons. The number of benzene rings is 2. The fourth-order valence-corrected chi connectivity index (χ4v) is 3.29. The lowest BCUT2D eigenvalue weighted by Crippen LogP contribution is -2.28. The Kier molecular flexibility index (Phi) is 7.02. The van der Waals surface area contributed by atoms with Crippen molar-refractivity contribution in [1.82, 2.24) is 0 Å². The molecule has 31 heavy (non-hydrogen) atoms. The van der Waals surface area contributed by atoms with Crippen molar-refractivity contribution in [3.8, 4) is 0 Å². The van der Waals surface area contributed by atoms with Crippen LogP contribution < -0.4 is 10.2 Å². The summed E-state index contributed by atoms with van der Waals surface area (Å²) in [7, 11) is 1.28. The second kappa shape index (κ2) is 9.88. The van der Waals surface area contributed by atoms with Gasteiger partial charge in [0, 0.05) is 24.3 Å². The van der Waals surface area contributed by atoms with Crippen molar-refractivity contribution < 1.29 is 28.7 Å². The first-order valence-electron chi connectivity index (χ1n) is 9.95. The number of nitrogens with zero attached hydrogens (tertiary/aromatic N) is 1. The summed E-state index contributed by atoms with van der Waals surface area (Å²) >= 11 is 0. The zero-order valence-electron chi connectivity index (χ0n) is 17.4. The monoisotopic (exact) mass is 424 g/mol. The molecule has 0 saturated carbocycles. The third-order valence-electron chi connectivity index (χ3n) is 5.05. The summed E-state index contributed by atoms with van der Waals surface area (Å²) in [6.07, 6.45) is 0.950. The molecule has 1 aliphatic rings. The lowest BCUT2D eigenvalue weighted by Gasteiger charge is -2.17.